The van der Waals surface area contributed by atoms with Crippen molar-refractivity contribution in [2.75, 3.05) is 6.61 Å². The summed E-state index contributed by atoms with van der Waals surface area (Å²) in [7, 11) is 0. The van der Waals surface area contributed by atoms with Crippen LogP contribution in [0.15, 0.2) is 32.6 Å². The second-order valence-corrected chi connectivity index (χ2v) is 4.68. The van der Waals surface area contributed by atoms with E-state index in [1.807, 2.05) is 0 Å². The maximum Gasteiger partial charge on any atom is 0.347 e. The van der Waals surface area contributed by atoms with Crippen molar-refractivity contribution in [3.63, 3.8) is 0 Å². The van der Waals surface area contributed by atoms with Crippen LogP contribution in [-0.2, 0) is 4.74 Å². The van der Waals surface area contributed by atoms with E-state index in [0.717, 1.165) is 4.68 Å². The normalized spacial score (nSPS) is 25.3. The Kier molecular flexibility index (Phi) is 3.45. The molecule has 21 heavy (non-hydrogen) atoms. The Morgan fingerprint density at radius 3 is 2.90 bits per heavy atom. The largest absolute Gasteiger partial charge is 0.472 e. The second-order valence-electron chi connectivity index (χ2n) is 4.68. The molecular weight excluding hydrogens is 282 g/mol. The van der Waals surface area contributed by atoms with Gasteiger partial charge in [-0.25, -0.2) is 4.79 Å². The maximum atomic E-state index is 11.8. The van der Waals surface area contributed by atoms with Gasteiger partial charge in [0.1, 0.15) is 6.10 Å². The summed E-state index contributed by atoms with van der Waals surface area (Å²) in [6, 6.07) is 1.53. The van der Waals surface area contributed by atoms with Crippen molar-refractivity contribution >= 4 is 0 Å². The number of nitrogens with one attached hydrogen (secondary N) is 1. The molecule has 0 aliphatic carbocycles. The number of aromatic nitrogens is 3. The minimum Gasteiger partial charge on any atom is -0.472 e. The molecule has 9 heteroatoms. The molecule has 1 fully saturated rings. The van der Waals surface area contributed by atoms with Crippen molar-refractivity contribution in [2.45, 2.75) is 24.9 Å². The molecular formula is C12H13N3O6. The van der Waals surface area contributed by atoms with Crippen LogP contribution in [0.25, 0.3) is 11.3 Å². The van der Waals surface area contributed by atoms with E-state index in [4.69, 9.17) is 14.3 Å². The van der Waals surface area contributed by atoms with E-state index >= 15 is 0 Å². The van der Waals surface area contributed by atoms with Gasteiger partial charge in [0.15, 0.2) is 11.9 Å². The van der Waals surface area contributed by atoms with E-state index in [-0.39, 0.29) is 18.7 Å². The summed E-state index contributed by atoms with van der Waals surface area (Å²) in [6.07, 6.45) is 0.254. The van der Waals surface area contributed by atoms with Crippen molar-refractivity contribution in [2.24, 2.45) is 0 Å². The molecule has 0 saturated carbocycles. The van der Waals surface area contributed by atoms with E-state index < -0.39 is 29.7 Å². The molecule has 2 aromatic heterocycles. The summed E-state index contributed by atoms with van der Waals surface area (Å²) in [5.41, 5.74) is -0.964. The Balaban J connectivity index is 2.02. The maximum absolute atomic E-state index is 11.8. The quantitative estimate of drug-likeness (QED) is 0.650. The van der Waals surface area contributed by atoms with Crippen molar-refractivity contribution in [1.29, 1.82) is 0 Å². The van der Waals surface area contributed by atoms with Gasteiger partial charge in [0.25, 0.3) is 5.56 Å². The van der Waals surface area contributed by atoms with Gasteiger partial charge in [0, 0.05) is 12.0 Å². The summed E-state index contributed by atoms with van der Waals surface area (Å²) >= 11 is 0. The number of hydrogen-bond donors (Lipinski definition) is 3. The van der Waals surface area contributed by atoms with Crippen LogP contribution in [0.4, 0.5) is 0 Å². The van der Waals surface area contributed by atoms with Crippen molar-refractivity contribution in [3.8, 4) is 11.3 Å². The summed E-state index contributed by atoms with van der Waals surface area (Å²) in [6.45, 7) is -0.371. The predicted molar refractivity (Wildman–Crippen MR) is 68.4 cm³/mol. The lowest BCUT2D eigenvalue weighted by Crippen LogP contribution is -2.36. The highest BCUT2D eigenvalue weighted by atomic mass is 16.5. The molecule has 1 aliphatic rings. The molecule has 0 amide bonds. The summed E-state index contributed by atoms with van der Waals surface area (Å²) in [5, 5.41) is 22.7. The molecule has 0 radical (unpaired) electrons. The van der Waals surface area contributed by atoms with Gasteiger partial charge in [0.2, 0.25) is 0 Å². The van der Waals surface area contributed by atoms with Gasteiger partial charge in [0.05, 0.1) is 25.2 Å². The topological polar surface area (TPSA) is 131 Å². The van der Waals surface area contributed by atoms with Gasteiger partial charge in [-0.1, -0.05) is 0 Å². The van der Waals surface area contributed by atoms with E-state index in [1.165, 1.54) is 18.6 Å². The van der Waals surface area contributed by atoms with Crippen LogP contribution in [0.3, 0.4) is 0 Å². The third-order valence-electron chi connectivity index (χ3n) is 3.30. The third-order valence-corrected chi connectivity index (χ3v) is 3.30. The molecule has 3 rings (SSSR count). The van der Waals surface area contributed by atoms with Crippen LogP contribution in [0.5, 0.6) is 0 Å². The average molecular weight is 295 g/mol. The van der Waals surface area contributed by atoms with Crippen molar-refractivity contribution in [3.05, 3.63) is 39.4 Å². The minimum atomic E-state index is -0.905. The SMILES string of the molecule is O=c1[nH]c(=O)n([C@@H]2C[C@H](O)[C@@H](CO)O2)nc1-c1ccoc1. The zero-order chi connectivity index (χ0) is 15.0. The Morgan fingerprint density at radius 2 is 2.29 bits per heavy atom. The summed E-state index contributed by atoms with van der Waals surface area (Å²) in [4.78, 5) is 25.8. The lowest BCUT2D eigenvalue weighted by atomic mass is 10.2. The number of aliphatic hydroxyl groups is 2. The molecule has 1 aliphatic heterocycles. The second kappa shape index (κ2) is 5.28. The standard InChI is InChI=1S/C12H13N3O6/c16-4-8-7(17)3-9(21-8)15-12(19)13-11(18)10(14-15)6-1-2-20-5-6/h1-2,5,7-9,16-17H,3-4H2,(H,13,18,19)/t7-,8+,9-/m0/s1. The number of rotatable bonds is 3. The highest BCUT2D eigenvalue weighted by Crippen LogP contribution is 2.27. The lowest BCUT2D eigenvalue weighted by molar-refractivity contribution is -0.0505. The molecule has 0 spiro atoms. The first-order valence-electron chi connectivity index (χ1n) is 6.30. The highest BCUT2D eigenvalue weighted by molar-refractivity contribution is 5.54. The van der Waals surface area contributed by atoms with Gasteiger partial charge in [-0.2, -0.15) is 9.78 Å². The van der Waals surface area contributed by atoms with Crippen LogP contribution in [0.1, 0.15) is 12.6 Å². The fraction of sp³-hybridized carbons (Fsp3) is 0.417. The molecule has 0 bridgehead atoms. The molecule has 1 saturated heterocycles. The molecule has 3 atom stereocenters. The zero-order valence-electron chi connectivity index (χ0n) is 10.8. The van der Waals surface area contributed by atoms with E-state index in [1.54, 1.807) is 0 Å². The van der Waals surface area contributed by atoms with E-state index in [9.17, 15) is 14.7 Å². The highest BCUT2D eigenvalue weighted by Gasteiger charge is 2.35. The Labute approximate surface area is 117 Å². The number of nitrogens with zero attached hydrogens (tertiary/aromatic N) is 2. The fourth-order valence-electron chi connectivity index (χ4n) is 2.22. The van der Waals surface area contributed by atoms with Crippen molar-refractivity contribution in [1.82, 2.24) is 14.8 Å². The van der Waals surface area contributed by atoms with Gasteiger partial charge in [-0.05, 0) is 6.07 Å². The molecule has 0 aromatic carbocycles. The lowest BCUT2D eigenvalue weighted by Gasteiger charge is -2.13. The first kappa shape index (κ1) is 13.7. The third kappa shape index (κ3) is 2.42. The van der Waals surface area contributed by atoms with Crippen molar-refractivity contribution < 1.29 is 19.4 Å². The molecule has 9 nitrogen and oxygen atoms in total. The van der Waals surface area contributed by atoms with E-state index in [0.29, 0.717) is 5.56 Å². The van der Waals surface area contributed by atoms with Gasteiger partial charge < -0.3 is 19.4 Å². The number of ether oxygens (including phenoxy) is 1. The average Bonchev–Trinajstić information content (AvgIpc) is 3.08. The monoisotopic (exact) mass is 295 g/mol. The van der Waals surface area contributed by atoms with E-state index in [2.05, 4.69) is 10.1 Å². The number of aromatic amines is 1. The van der Waals surface area contributed by atoms with Crippen LogP contribution in [0, 0.1) is 0 Å². The van der Waals surface area contributed by atoms with Crippen LogP contribution < -0.4 is 11.2 Å². The molecule has 2 aromatic rings. The smallest absolute Gasteiger partial charge is 0.347 e. The fourth-order valence-corrected chi connectivity index (χ4v) is 2.22. The molecule has 3 N–H and O–H groups in total. The zero-order valence-corrected chi connectivity index (χ0v) is 10.8. The Hall–Kier alpha value is -2.23. The predicted octanol–water partition coefficient (Wildman–Crippen LogP) is -1.17. The Morgan fingerprint density at radius 1 is 1.48 bits per heavy atom. The summed E-state index contributed by atoms with van der Waals surface area (Å²) in [5.74, 6) is 0. The number of hydrogen-bond acceptors (Lipinski definition) is 7. The van der Waals surface area contributed by atoms with Crippen LogP contribution in [-0.4, -0.2) is 43.8 Å². The molecule has 0 unspecified atom stereocenters. The first-order chi connectivity index (χ1) is 10.1. The number of H-pyrrole nitrogens is 1. The van der Waals surface area contributed by atoms with Gasteiger partial charge in [-0.15, -0.1) is 0 Å². The Bertz CT molecular complexity index is 734. The number of aliphatic hydroxyl groups excluding tert-OH is 2. The first-order valence-corrected chi connectivity index (χ1v) is 6.30. The molecule has 112 valence electrons. The van der Waals surface area contributed by atoms with Gasteiger partial charge >= 0.3 is 5.69 Å². The number of furan rings is 1. The summed E-state index contributed by atoms with van der Waals surface area (Å²) < 4.78 is 11.2. The molecule has 3 heterocycles. The van der Waals surface area contributed by atoms with Crippen LogP contribution in [0.2, 0.25) is 0 Å². The van der Waals surface area contributed by atoms with Gasteiger partial charge in [-0.3, -0.25) is 9.78 Å². The minimum absolute atomic E-state index is 0.00823. The van der Waals surface area contributed by atoms with Crippen LogP contribution >= 0.6 is 0 Å².